The van der Waals surface area contributed by atoms with Crippen molar-refractivity contribution in [1.82, 2.24) is 0 Å². The summed E-state index contributed by atoms with van der Waals surface area (Å²) in [4.78, 5) is 11.9. The topological polar surface area (TPSA) is 35.5 Å². The number of ether oxygens (including phenoxy) is 2. The number of aryl methyl sites for hydroxylation is 1. The average molecular weight is 234 g/mol. The lowest BCUT2D eigenvalue weighted by Crippen LogP contribution is -2.14. The van der Waals surface area contributed by atoms with Gasteiger partial charge in [-0.25, -0.2) is 0 Å². The number of ketones is 1. The third-order valence-corrected chi connectivity index (χ3v) is 2.86. The third kappa shape index (κ3) is 3.38. The van der Waals surface area contributed by atoms with Gasteiger partial charge in [0.2, 0.25) is 0 Å². The quantitative estimate of drug-likeness (QED) is 0.734. The highest BCUT2D eigenvalue weighted by atomic mass is 16.7. The summed E-state index contributed by atoms with van der Waals surface area (Å²) in [5, 5.41) is 0. The number of carbonyl (C=O) groups is 1. The third-order valence-electron chi connectivity index (χ3n) is 2.86. The van der Waals surface area contributed by atoms with Crippen molar-refractivity contribution in [2.75, 3.05) is 13.2 Å². The van der Waals surface area contributed by atoms with E-state index in [1.54, 1.807) is 0 Å². The Morgan fingerprint density at radius 1 is 1.24 bits per heavy atom. The van der Waals surface area contributed by atoms with Crippen LogP contribution in [-0.2, 0) is 15.9 Å². The molecule has 92 valence electrons. The minimum Gasteiger partial charge on any atom is -0.350 e. The first-order chi connectivity index (χ1) is 8.29. The Labute approximate surface area is 102 Å². The second-order valence-corrected chi connectivity index (χ2v) is 4.25. The molecule has 0 amide bonds. The van der Waals surface area contributed by atoms with Crippen molar-refractivity contribution >= 4 is 5.78 Å². The fourth-order valence-corrected chi connectivity index (χ4v) is 1.94. The molecule has 0 saturated carbocycles. The Balaban J connectivity index is 1.93. The van der Waals surface area contributed by atoms with Gasteiger partial charge in [0.15, 0.2) is 12.1 Å². The van der Waals surface area contributed by atoms with Crippen LogP contribution in [0.1, 0.15) is 35.7 Å². The molecule has 1 aromatic carbocycles. The van der Waals surface area contributed by atoms with E-state index >= 15 is 0 Å². The smallest absolute Gasteiger partial charge is 0.167 e. The standard InChI is InChI=1S/C14H18O3/c1-2-3-11-4-6-12(7-5-11)13(15)10-14-16-8-9-17-14/h4-7,14H,2-3,8-10H2,1H3. The molecule has 0 bridgehead atoms. The van der Waals surface area contributed by atoms with Crippen LogP contribution in [0.5, 0.6) is 0 Å². The lowest BCUT2D eigenvalue weighted by atomic mass is 10.0. The summed E-state index contributed by atoms with van der Waals surface area (Å²) in [6.07, 6.45) is 2.14. The van der Waals surface area contributed by atoms with Crippen molar-refractivity contribution in [3.63, 3.8) is 0 Å². The number of rotatable bonds is 5. The van der Waals surface area contributed by atoms with Gasteiger partial charge in [-0.2, -0.15) is 0 Å². The van der Waals surface area contributed by atoms with E-state index in [2.05, 4.69) is 6.92 Å². The van der Waals surface area contributed by atoms with E-state index in [0.717, 1.165) is 18.4 Å². The zero-order valence-corrected chi connectivity index (χ0v) is 10.1. The Morgan fingerprint density at radius 2 is 1.88 bits per heavy atom. The summed E-state index contributed by atoms with van der Waals surface area (Å²) in [5.74, 6) is 0.0833. The van der Waals surface area contributed by atoms with Gasteiger partial charge in [0.05, 0.1) is 19.6 Å². The summed E-state index contributed by atoms with van der Waals surface area (Å²) >= 11 is 0. The van der Waals surface area contributed by atoms with Crippen LogP contribution in [-0.4, -0.2) is 25.3 Å². The van der Waals surface area contributed by atoms with E-state index in [4.69, 9.17) is 9.47 Å². The van der Waals surface area contributed by atoms with E-state index in [0.29, 0.717) is 19.6 Å². The Kier molecular flexibility index (Phi) is 4.29. The first kappa shape index (κ1) is 12.3. The van der Waals surface area contributed by atoms with Crippen LogP contribution >= 0.6 is 0 Å². The Hall–Kier alpha value is -1.19. The van der Waals surface area contributed by atoms with Crippen molar-refractivity contribution in [3.05, 3.63) is 35.4 Å². The van der Waals surface area contributed by atoms with Crippen LogP contribution in [0.4, 0.5) is 0 Å². The van der Waals surface area contributed by atoms with Gasteiger partial charge in [0.1, 0.15) is 0 Å². The number of Topliss-reactive ketones (excluding diaryl/α,β-unsaturated/α-hetero) is 1. The molecule has 2 rings (SSSR count). The molecule has 1 fully saturated rings. The van der Waals surface area contributed by atoms with Crippen molar-refractivity contribution in [2.45, 2.75) is 32.5 Å². The van der Waals surface area contributed by atoms with E-state index < -0.39 is 0 Å². The minimum absolute atomic E-state index is 0.0833. The summed E-state index contributed by atoms with van der Waals surface area (Å²) in [6, 6.07) is 7.82. The minimum atomic E-state index is -0.349. The molecule has 1 heterocycles. The predicted octanol–water partition coefficient (Wildman–Crippen LogP) is 2.58. The number of hydrogen-bond acceptors (Lipinski definition) is 3. The Morgan fingerprint density at radius 3 is 2.47 bits per heavy atom. The predicted molar refractivity (Wildman–Crippen MR) is 65.1 cm³/mol. The highest BCUT2D eigenvalue weighted by Crippen LogP contribution is 2.14. The lowest BCUT2D eigenvalue weighted by molar-refractivity contribution is -0.0407. The van der Waals surface area contributed by atoms with E-state index in [1.165, 1.54) is 5.56 Å². The van der Waals surface area contributed by atoms with Gasteiger partial charge in [0.25, 0.3) is 0 Å². The normalized spacial score (nSPS) is 16.3. The maximum absolute atomic E-state index is 11.9. The molecule has 0 unspecified atom stereocenters. The lowest BCUT2D eigenvalue weighted by Gasteiger charge is -2.08. The molecule has 1 aliphatic rings. The number of carbonyl (C=O) groups excluding carboxylic acids is 1. The fraction of sp³-hybridized carbons (Fsp3) is 0.500. The first-order valence-electron chi connectivity index (χ1n) is 6.15. The zero-order chi connectivity index (χ0) is 12.1. The molecule has 1 aromatic rings. The maximum atomic E-state index is 11.9. The average Bonchev–Trinajstić information content (AvgIpc) is 2.83. The van der Waals surface area contributed by atoms with Gasteiger partial charge in [0, 0.05) is 5.56 Å². The summed E-state index contributed by atoms with van der Waals surface area (Å²) in [5.41, 5.74) is 2.02. The Bertz CT molecular complexity index is 364. The van der Waals surface area contributed by atoms with Gasteiger partial charge < -0.3 is 9.47 Å². The van der Waals surface area contributed by atoms with Crippen molar-refractivity contribution < 1.29 is 14.3 Å². The van der Waals surface area contributed by atoms with Crippen molar-refractivity contribution in [2.24, 2.45) is 0 Å². The van der Waals surface area contributed by atoms with Crippen molar-refractivity contribution in [1.29, 1.82) is 0 Å². The maximum Gasteiger partial charge on any atom is 0.167 e. The zero-order valence-electron chi connectivity index (χ0n) is 10.1. The van der Waals surface area contributed by atoms with E-state index in [9.17, 15) is 4.79 Å². The molecule has 0 N–H and O–H groups in total. The van der Waals surface area contributed by atoms with Crippen LogP contribution in [0.15, 0.2) is 24.3 Å². The molecular formula is C14H18O3. The number of benzene rings is 1. The first-order valence-corrected chi connectivity index (χ1v) is 6.15. The summed E-state index contributed by atoms with van der Waals surface area (Å²) < 4.78 is 10.5. The molecule has 0 aromatic heterocycles. The molecule has 0 radical (unpaired) electrons. The molecule has 1 saturated heterocycles. The fourth-order valence-electron chi connectivity index (χ4n) is 1.94. The summed E-state index contributed by atoms with van der Waals surface area (Å²) in [7, 11) is 0. The second kappa shape index (κ2) is 5.94. The van der Waals surface area contributed by atoms with Crippen LogP contribution in [0.3, 0.4) is 0 Å². The second-order valence-electron chi connectivity index (χ2n) is 4.25. The molecule has 0 aliphatic carbocycles. The van der Waals surface area contributed by atoms with Gasteiger partial charge in [-0.05, 0) is 12.0 Å². The monoisotopic (exact) mass is 234 g/mol. The van der Waals surface area contributed by atoms with Crippen LogP contribution in [0.25, 0.3) is 0 Å². The summed E-state index contributed by atoms with van der Waals surface area (Å²) in [6.45, 7) is 3.33. The molecular weight excluding hydrogens is 216 g/mol. The van der Waals surface area contributed by atoms with Gasteiger partial charge in [-0.15, -0.1) is 0 Å². The van der Waals surface area contributed by atoms with Crippen molar-refractivity contribution in [3.8, 4) is 0 Å². The molecule has 3 nitrogen and oxygen atoms in total. The van der Waals surface area contributed by atoms with Gasteiger partial charge in [-0.3, -0.25) is 4.79 Å². The molecule has 1 aliphatic heterocycles. The van der Waals surface area contributed by atoms with Gasteiger partial charge >= 0.3 is 0 Å². The molecule has 17 heavy (non-hydrogen) atoms. The van der Waals surface area contributed by atoms with E-state index in [-0.39, 0.29) is 12.1 Å². The van der Waals surface area contributed by atoms with E-state index in [1.807, 2.05) is 24.3 Å². The number of hydrogen-bond donors (Lipinski definition) is 0. The largest absolute Gasteiger partial charge is 0.350 e. The van der Waals surface area contributed by atoms with Crippen LogP contribution in [0, 0.1) is 0 Å². The molecule has 0 atom stereocenters. The molecule has 0 spiro atoms. The highest BCUT2D eigenvalue weighted by Gasteiger charge is 2.20. The van der Waals surface area contributed by atoms with Gasteiger partial charge in [-0.1, -0.05) is 37.6 Å². The SMILES string of the molecule is CCCc1ccc(C(=O)CC2OCCO2)cc1. The molecule has 3 heteroatoms. The van der Waals surface area contributed by atoms with Crippen LogP contribution < -0.4 is 0 Å². The highest BCUT2D eigenvalue weighted by molar-refractivity contribution is 5.96. The van der Waals surface area contributed by atoms with Crippen LogP contribution in [0.2, 0.25) is 0 Å².